The second-order valence-electron chi connectivity index (χ2n) is 6.58. The van der Waals surface area contributed by atoms with Crippen LogP contribution in [0.15, 0.2) is 39.8 Å². The average molecular weight is 369 g/mol. The highest BCUT2D eigenvalue weighted by Gasteiger charge is 2.33. The van der Waals surface area contributed by atoms with Crippen molar-refractivity contribution in [3.05, 3.63) is 40.9 Å². The van der Waals surface area contributed by atoms with Gasteiger partial charge >= 0.3 is 5.97 Å². The summed E-state index contributed by atoms with van der Waals surface area (Å²) in [5.74, 6) is -0.745. The number of carbonyl (C=O) groups excluding carboxylic acids is 2. The number of nitrogens with zero attached hydrogens (tertiary/aromatic N) is 3. The molecule has 8 nitrogen and oxygen atoms in total. The number of piperidine rings is 1. The molecule has 4 rings (SSSR count). The van der Waals surface area contributed by atoms with Gasteiger partial charge in [-0.05, 0) is 31.4 Å². The zero-order valence-corrected chi connectivity index (χ0v) is 14.9. The Hall–Kier alpha value is -3.16. The largest absolute Gasteiger partial charge is 0.467 e. The number of amides is 1. The Kier molecular flexibility index (Phi) is 4.39. The molecule has 0 spiro atoms. The van der Waals surface area contributed by atoms with Gasteiger partial charge in [0.1, 0.15) is 23.7 Å². The SMILES string of the molecule is COC(=O)C1CCCCN1C(=O)Cn1cnc2c(oc3ccccc32)c1=O. The van der Waals surface area contributed by atoms with Crippen molar-refractivity contribution < 1.29 is 18.7 Å². The van der Waals surface area contributed by atoms with Crippen LogP contribution in [0.2, 0.25) is 0 Å². The fourth-order valence-electron chi connectivity index (χ4n) is 3.58. The van der Waals surface area contributed by atoms with Gasteiger partial charge in [-0.25, -0.2) is 9.78 Å². The maximum absolute atomic E-state index is 12.8. The zero-order valence-electron chi connectivity index (χ0n) is 14.9. The lowest BCUT2D eigenvalue weighted by Gasteiger charge is -2.33. The van der Waals surface area contributed by atoms with E-state index in [-0.39, 0.29) is 18.0 Å². The number of furan rings is 1. The molecule has 1 aliphatic heterocycles. The van der Waals surface area contributed by atoms with Crippen LogP contribution in [0.25, 0.3) is 22.1 Å². The van der Waals surface area contributed by atoms with Crippen molar-refractivity contribution in [2.45, 2.75) is 31.8 Å². The first-order valence-electron chi connectivity index (χ1n) is 8.84. The minimum atomic E-state index is -0.602. The number of fused-ring (bicyclic) bond motifs is 3. The summed E-state index contributed by atoms with van der Waals surface area (Å²) in [5.41, 5.74) is 0.749. The Morgan fingerprint density at radius 2 is 2.11 bits per heavy atom. The number of aromatic nitrogens is 2. The van der Waals surface area contributed by atoms with Crippen LogP contribution in [0.5, 0.6) is 0 Å². The van der Waals surface area contributed by atoms with Crippen molar-refractivity contribution in [2.24, 2.45) is 0 Å². The van der Waals surface area contributed by atoms with Gasteiger partial charge in [0.15, 0.2) is 0 Å². The first-order valence-corrected chi connectivity index (χ1v) is 8.84. The van der Waals surface area contributed by atoms with E-state index in [1.54, 1.807) is 6.07 Å². The molecule has 1 fully saturated rings. The van der Waals surface area contributed by atoms with Crippen LogP contribution in [0.3, 0.4) is 0 Å². The quantitative estimate of drug-likeness (QED) is 0.652. The normalized spacial score (nSPS) is 17.4. The zero-order chi connectivity index (χ0) is 19.0. The van der Waals surface area contributed by atoms with E-state index >= 15 is 0 Å². The number of likely N-dealkylation sites (tertiary alicyclic amines) is 1. The van der Waals surface area contributed by atoms with Crippen molar-refractivity contribution in [2.75, 3.05) is 13.7 Å². The van der Waals surface area contributed by atoms with Gasteiger partial charge in [0.2, 0.25) is 11.5 Å². The standard InChI is InChI=1S/C19H19N3O5/c1-26-19(25)13-7-4-5-9-22(13)15(23)10-21-11-20-16-12-6-2-3-8-14(12)27-17(16)18(21)24/h2-3,6,8,11,13H,4-5,7,9-10H2,1H3. The van der Waals surface area contributed by atoms with E-state index in [2.05, 4.69) is 4.98 Å². The molecule has 0 radical (unpaired) electrons. The monoisotopic (exact) mass is 369 g/mol. The second-order valence-corrected chi connectivity index (χ2v) is 6.58. The van der Waals surface area contributed by atoms with Gasteiger partial charge in [-0.2, -0.15) is 0 Å². The smallest absolute Gasteiger partial charge is 0.328 e. The number of para-hydroxylation sites is 1. The molecule has 2 aromatic heterocycles. The van der Waals surface area contributed by atoms with Gasteiger partial charge in [-0.15, -0.1) is 0 Å². The minimum absolute atomic E-state index is 0.120. The lowest BCUT2D eigenvalue weighted by molar-refractivity contribution is -0.154. The molecule has 1 atom stereocenters. The van der Waals surface area contributed by atoms with Crippen molar-refractivity contribution in [3.8, 4) is 0 Å². The lowest BCUT2D eigenvalue weighted by atomic mass is 10.0. The molecule has 8 heteroatoms. The van der Waals surface area contributed by atoms with Crippen molar-refractivity contribution >= 4 is 33.9 Å². The molecule has 1 aromatic carbocycles. The topological polar surface area (TPSA) is 94.6 Å². The van der Waals surface area contributed by atoms with Gasteiger partial charge in [0.05, 0.1) is 13.4 Å². The molecule has 3 aromatic rings. The highest BCUT2D eigenvalue weighted by atomic mass is 16.5. The highest BCUT2D eigenvalue weighted by molar-refractivity contribution is 6.01. The number of hydrogen-bond donors (Lipinski definition) is 0. The molecule has 1 aliphatic rings. The molecule has 140 valence electrons. The Labute approximate surface area is 154 Å². The molecular formula is C19H19N3O5. The first kappa shape index (κ1) is 17.3. The summed E-state index contributed by atoms with van der Waals surface area (Å²) < 4.78 is 11.7. The van der Waals surface area contributed by atoms with E-state index in [0.29, 0.717) is 24.1 Å². The minimum Gasteiger partial charge on any atom is -0.467 e. The molecule has 1 unspecified atom stereocenters. The third-order valence-electron chi connectivity index (χ3n) is 4.95. The Morgan fingerprint density at radius 3 is 2.93 bits per heavy atom. The molecule has 0 N–H and O–H groups in total. The predicted octanol–water partition coefficient (Wildman–Crippen LogP) is 1.70. The molecule has 1 saturated heterocycles. The van der Waals surface area contributed by atoms with Crippen LogP contribution < -0.4 is 5.56 Å². The van der Waals surface area contributed by atoms with Crippen LogP contribution in [-0.2, 0) is 20.9 Å². The Morgan fingerprint density at radius 1 is 1.30 bits per heavy atom. The number of methoxy groups -OCH3 is 1. The van der Waals surface area contributed by atoms with E-state index in [9.17, 15) is 14.4 Å². The fraction of sp³-hybridized carbons (Fsp3) is 0.368. The molecule has 0 bridgehead atoms. The van der Waals surface area contributed by atoms with Gasteiger partial charge in [0, 0.05) is 11.9 Å². The summed E-state index contributed by atoms with van der Waals surface area (Å²) in [5, 5.41) is 0.755. The summed E-state index contributed by atoms with van der Waals surface area (Å²) in [6, 6.07) is 6.65. The van der Waals surface area contributed by atoms with Crippen LogP contribution in [0.1, 0.15) is 19.3 Å². The second kappa shape index (κ2) is 6.86. The maximum Gasteiger partial charge on any atom is 0.328 e. The van der Waals surface area contributed by atoms with E-state index in [1.165, 1.54) is 22.9 Å². The number of rotatable bonds is 3. The molecule has 0 saturated carbocycles. The van der Waals surface area contributed by atoms with Crippen molar-refractivity contribution in [3.63, 3.8) is 0 Å². The number of esters is 1. The molecule has 1 amide bonds. The maximum atomic E-state index is 12.8. The molecule has 3 heterocycles. The first-order chi connectivity index (χ1) is 13.1. The van der Waals surface area contributed by atoms with Crippen LogP contribution in [0.4, 0.5) is 0 Å². The number of carbonyl (C=O) groups is 2. The fourth-order valence-corrected chi connectivity index (χ4v) is 3.58. The van der Waals surface area contributed by atoms with E-state index < -0.39 is 17.6 Å². The third-order valence-corrected chi connectivity index (χ3v) is 4.95. The van der Waals surface area contributed by atoms with Crippen molar-refractivity contribution in [1.82, 2.24) is 14.5 Å². The lowest BCUT2D eigenvalue weighted by Crippen LogP contribution is -2.50. The van der Waals surface area contributed by atoms with Gasteiger partial charge in [0.25, 0.3) is 5.56 Å². The van der Waals surface area contributed by atoms with Gasteiger partial charge in [-0.3, -0.25) is 14.2 Å². The molecule has 0 aliphatic carbocycles. The number of benzene rings is 1. The summed E-state index contributed by atoms with van der Waals surface area (Å²) >= 11 is 0. The Balaban J connectivity index is 1.65. The number of hydrogen-bond acceptors (Lipinski definition) is 6. The summed E-state index contributed by atoms with van der Waals surface area (Å²) in [6.45, 7) is 0.264. The van der Waals surface area contributed by atoms with E-state index in [4.69, 9.17) is 9.15 Å². The van der Waals surface area contributed by atoms with E-state index in [1.807, 2.05) is 18.2 Å². The third kappa shape index (κ3) is 2.97. The van der Waals surface area contributed by atoms with Crippen LogP contribution >= 0.6 is 0 Å². The predicted molar refractivity (Wildman–Crippen MR) is 97.1 cm³/mol. The van der Waals surface area contributed by atoms with Crippen LogP contribution in [0, 0.1) is 0 Å². The van der Waals surface area contributed by atoms with Gasteiger partial charge < -0.3 is 14.1 Å². The Bertz CT molecular complexity index is 1080. The van der Waals surface area contributed by atoms with Gasteiger partial charge in [-0.1, -0.05) is 12.1 Å². The average Bonchev–Trinajstić information content (AvgIpc) is 3.09. The summed E-state index contributed by atoms with van der Waals surface area (Å²) in [6.07, 6.45) is 3.58. The molecular weight excluding hydrogens is 350 g/mol. The highest BCUT2D eigenvalue weighted by Crippen LogP contribution is 2.24. The van der Waals surface area contributed by atoms with Crippen molar-refractivity contribution in [1.29, 1.82) is 0 Å². The van der Waals surface area contributed by atoms with E-state index in [0.717, 1.165) is 18.2 Å². The molecule has 27 heavy (non-hydrogen) atoms. The summed E-state index contributed by atoms with van der Waals surface area (Å²) in [7, 11) is 1.31. The van der Waals surface area contributed by atoms with Crippen LogP contribution in [-0.4, -0.2) is 46.0 Å². The summed E-state index contributed by atoms with van der Waals surface area (Å²) in [4.78, 5) is 43.3. The number of ether oxygens (including phenoxy) is 1.